The molecule has 0 fully saturated rings. The summed E-state index contributed by atoms with van der Waals surface area (Å²) in [5, 5.41) is 23.2. The quantitative estimate of drug-likeness (QED) is 0.0321. The van der Waals surface area contributed by atoms with Crippen LogP contribution in [-0.2, 0) is 14.3 Å². The van der Waals surface area contributed by atoms with E-state index < -0.39 is 12.1 Å². The van der Waals surface area contributed by atoms with Crippen LogP contribution < -0.4 is 5.32 Å². The molecule has 0 heterocycles. The average Bonchev–Trinajstić information content (AvgIpc) is 3.34. The van der Waals surface area contributed by atoms with Crippen LogP contribution in [-0.4, -0.2) is 47.4 Å². The van der Waals surface area contributed by atoms with Crippen molar-refractivity contribution in [1.82, 2.24) is 5.32 Å². The Bertz CT molecular complexity index is 1150. The number of ether oxygens (including phenoxy) is 1. The van der Waals surface area contributed by atoms with Crippen molar-refractivity contribution < 1.29 is 24.5 Å². The van der Waals surface area contributed by atoms with Crippen molar-refractivity contribution >= 4 is 11.9 Å². The molecule has 6 heteroatoms. The molecule has 0 aliphatic heterocycles. The van der Waals surface area contributed by atoms with Gasteiger partial charge in [0.2, 0.25) is 5.91 Å². The molecule has 2 atom stereocenters. The van der Waals surface area contributed by atoms with E-state index in [9.17, 15) is 19.8 Å². The first-order chi connectivity index (χ1) is 33.5. The fourth-order valence-corrected chi connectivity index (χ4v) is 8.95. The Morgan fingerprint density at radius 1 is 0.412 bits per heavy atom. The summed E-state index contributed by atoms with van der Waals surface area (Å²) in [5.74, 6) is -0.125. The van der Waals surface area contributed by atoms with E-state index in [1.807, 2.05) is 6.08 Å². The van der Waals surface area contributed by atoms with Crippen LogP contribution >= 0.6 is 0 Å². The number of carbonyl (C=O) groups is 2. The molecule has 3 N–H and O–H groups in total. The summed E-state index contributed by atoms with van der Waals surface area (Å²) in [6.45, 7) is 4.85. The molecule has 1 amide bonds. The fourth-order valence-electron chi connectivity index (χ4n) is 8.95. The number of allylic oxidation sites excluding steroid dienone is 7. The molecule has 0 saturated heterocycles. The van der Waals surface area contributed by atoms with Crippen molar-refractivity contribution in [3.63, 3.8) is 0 Å². The highest BCUT2D eigenvalue weighted by molar-refractivity contribution is 5.76. The van der Waals surface area contributed by atoms with E-state index in [0.29, 0.717) is 19.4 Å². The van der Waals surface area contributed by atoms with Gasteiger partial charge in [0.15, 0.2) is 0 Å². The van der Waals surface area contributed by atoms with Crippen molar-refractivity contribution in [1.29, 1.82) is 0 Å². The lowest BCUT2D eigenvalue weighted by atomic mass is 10.0. The van der Waals surface area contributed by atoms with Gasteiger partial charge in [-0.25, -0.2) is 0 Å². The molecule has 0 aromatic rings. The van der Waals surface area contributed by atoms with Gasteiger partial charge in [0.25, 0.3) is 0 Å². The van der Waals surface area contributed by atoms with E-state index in [0.717, 1.165) is 83.5 Å². The molecule has 0 spiro atoms. The maximum absolute atomic E-state index is 12.5. The number of esters is 1. The summed E-state index contributed by atoms with van der Waals surface area (Å²) in [4.78, 5) is 24.5. The largest absolute Gasteiger partial charge is 0.466 e. The summed E-state index contributed by atoms with van der Waals surface area (Å²) in [5.41, 5.74) is 0. The molecule has 0 bridgehead atoms. The van der Waals surface area contributed by atoms with E-state index in [1.54, 1.807) is 6.08 Å². The SMILES string of the molecule is CCCCCC/C=C\C/C=C\CCCCCCCC(=O)OCCCCCCCC/C=C\CCCCCC(=O)NC(CO)C(O)/C=C/CCCCCCCCCCCCCCCCCCCCCC. The fraction of sp³-hybridized carbons (Fsp3) is 0.839. The minimum absolute atomic E-state index is 0.0275. The molecule has 0 aliphatic rings. The van der Waals surface area contributed by atoms with E-state index in [1.165, 1.54) is 199 Å². The van der Waals surface area contributed by atoms with Gasteiger partial charge in [-0.15, -0.1) is 0 Å². The van der Waals surface area contributed by atoms with Crippen molar-refractivity contribution in [3.8, 4) is 0 Å². The van der Waals surface area contributed by atoms with Crippen LogP contribution in [0.3, 0.4) is 0 Å². The molecule has 2 unspecified atom stereocenters. The Hall–Kier alpha value is -2.18. The van der Waals surface area contributed by atoms with Crippen molar-refractivity contribution in [2.45, 2.75) is 321 Å². The highest BCUT2D eigenvalue weighted by Gasteiger charge is 2.18. The van der Waals surface area contributed by atoms with Gasteiger partial charge in [-0.05, 0) is 89.9 Å². The number of hydrogen-bond acceptors (Lipinski definition) is 5. The first kappa shape index (κ1) is 65.8. The number of hydrogen-bond donors (Lipinski definition) is 3. The minimum Gasteiger partial charge on any atom is -0.466 e. The number of nitrogens with one attached hydrogen (secondary N) is 1. The van der Waals surface area contributed by atoms with E-state index >= 15 is 0 Å². The number of unbranched alkanes of at least 4 members (excludes halogenated alkanes) is 38. The predicted octanol–water partition coefficient (Wildman–Crippen LogP) is 18.6. The van der Waals surface area contributed by atoms with Crippen LogP contribution in [0.25, 0.3) is 0 Å². The second-order valence-electron chi connectivity index (χ2n) is 20.3. The molecule has 0 radical (unpaired) electrons. The second kappa shape index (κ2) is 57.4. The monoisotopic (exact) mass is 954 g/mol. The number of carbonyl (C=O) groups excluding carboxylic acids is 2. The van der Waals surface area contributed by atoms with Crippen molar-refractivity contribution in [3.05, 3.63) is 48.6 Å². The lowest BCUT2D eigenvalue weighted by molar-refractivity contribution is -0.143. The third-order valence-electron chi connectivity index (χ3n) is 13.6. The number of aliphatic hydroxyl groups excluding tert-OH is 2. The minimum atomic E-state index is -0.864. The van der Waals surface area contributed by atoms with Gasteiger partial charge in [0.1, 0.15) is 0 Å². The third kappa shape index (κ3) is 53.2. The second-order valence-corrected chi connectivity index (χ2v) is 20.3. The van der Waals surface area contributed by atoms with E-state index in [-0.39, 0.29) is 18.5 Å². The van der Waals surface area contributed by atoms with Crippen LogP contribution in [0.2, 0.25) is 0 Å². The molecule has 398 valence electrons. The standard InChI is InChI=1S/C62H115NO5/c1-3-5-7-9-11-13-15-17-19-21-22-23-24-25-26-27-30-34-38-42-46-50-54-60(65)59(58-64)63-61(66)55-51-47-43-39-35-31-29-33-37-41-45-49-53-57-68-62(67)56-52-48-44-40-36-32-28-20-18-16-14-12-10-8-6-4-2/h14,16,20,28,31,35,50,54,59-60,64-65H,3-13,15,17-19,21-27,29-30,32-34,36-49,51-53,55-58H2,1-2H3,(H,63,66)/b16-14-,28-20-,35-31-,54-50+. The third-order valence-corrected chi connectivity index (χ3v) is 13.6. The number of rotatable bonds is 55. The van der Waals surface area contributed by atoms with Crippen molar-refractivity contribution in [2.24, 2.45) is 0 Å². The smallest absolute Gasteiger partial charge is 0.305 e. The zero-order valence-electron chi connectivity index (χ0n) is 45.3. The lowest BCUT2D eigenvalue weighted by Crippen LogP contribution is -2.45. The molecule has 0 rings (SSSR count). The van der Waals surface area contributed by atoms with Crippen LogP contribution in [0.15, 0.2) is 48.6 Å². The van der Waals surface area contributed by atoms with Crippen LogP contribution in [0.4, 0.5) is 0 Å². The topological polar surface area (TPSA) is 95.9 Å². The number of amides is 1. The van der Waals surface area contributed by atoms with Gasteiger partial charge in [-0.2, -0.15) is 0 Å². The van der Waals surface area contributed by atoms with Gasteiger partial charge >= 0.3 is 5.97 Å². The Labute approximate surface area is 423 Å². The van der Waals surface area contributed by atoms with Crippen LogP contribution in [0.5, 0.6) is 0 Å². The normalized spacial score (nSPS) is 12.9. The van der Waals surface area contributed by atoms with Gasteiger partial charge in [-0.3, -0.25) is 9.59 Å². The predicted molar refractivity (Wildman–Crippen MR) is 296 cm³/mol. The van der Waals surface area contributed by atoms with Gasteiger partial charge in [0.05, 0.1) is 25.4 Å². The zero-order chi connectivity index (χ0) is 49.3. The Morgan fingerprint density at radius 2 is 0.735 bits per heavy atom. The van der Waals surface area contributed by atoms with Gasteiger partial charge in [0, 0.05) is 12.8 Å². The molecule has 68 heavy (non-hydrogen) atoms. The Balaban J connectivity index is 3.54. The molecular weight excluding hydrogens is 839 g/mol. The summed E-state index contributed by atoms with van der Waals surface area (Å²) >= 11 is 0. The molecule has 6 nitrogen and oxygen atoms in total. The highest BCUT2D eigenvalue weighted by Crippen LogP contribution is 2.16. The van der Waals surface area contributed by atoms with E-state index in [4.69, 9.17) is 4.74 Å². The van der Waals surface area contributed by atoms with Gasteiger partial charge < -0.3 is 20.3 Å². The summed E-state index contributed by atoms with van der Waals surface area (Å²) in [7, 11) is 0. The maximum Gasteiger partial charge on any atom is 0.305 e. The summed E-state index contributed by atoms with van der Waals surface area (Å²) in [6, 6.07) is -0.651. The molecule has 0 aliphatic carbocycles. The first-order valence-electron chi connectivity index (χ1n) is 29.9. The lowest BCUT2D eigenvalue weighted by Gasteiger charge is -2.19. The summed E-state index contributed by atoms with van der Waals surface area (Å²) < 4.78 is 5.46. The van der Waals surface area contributed by atoms with Crippen LogP contribution in [0, 0.1) is 0 Å². The number of aliphatic hydroxyl groups is 2. The Kier molecular flexibility index (Phi) is 55.6. The average molecular weight is 955 g/mol. The first-order valence-corrected chi connectivity index (χ1v) is 29.9. The van der Waals surface area contributed by atoms with Crippen LogP contribution in [0.1, 0.15) is 309 Å². The van der Waals surface area contributed by atoms with E-state index in [2.05, 4.69) is 55.6 Å². The maximum atomic E-state index is 12.5. The Morgan fingerprint density at radius 3 is 1.16 bits per heavy atom. The zero-order valence-corrected chi connectivity index (χ0v) is 45.3. The molecular formula is C62H115NO5. The van der Waals surface area contributed by atoms with Gasteiger partial charge in [-0.1, -0.05) is 255 Å². The summed E-state index contributed by atoms with van der Waals surface area (Å²) in [6.07, 6.45) is 72.8. The molecule has 0 aromatic carbocycles. The highest BCUT2D eigenvalue weighted by atomic mass is 16.5. The molecule has 0 aromatic heterocycles. The van der Waals surface area contributed by atoms with Crippen molar-refractivity contribution in [2.75, 3.05) is 13.2 Å². The molecule has 0 saturated carbocycles.